The van der Waals surface area contributed by atoms with Crippen molar-refractivity contribution in [2.75, 3.05) is 37.5 Å². The minimum absolute atomic E-state index is 0.0645. The zero-order chi connectivity index (χ0) is 26.6. The first-order valence-electron chi connectivity index (χ1n) is 12.1. The number of unbranched alkanes of at least 4 members (excludes halogenated alkanes) is 1. The van der Waals surface area contributed by atoms with Crippen molar-refractivity contribution in [3.8, 4) is 5.75 Å². The van der Waals surface area contributed by atoms with Gasteiger partial charge in [0.1, 0.15) is 17.2 Å². The molecule has 0 aliphatic carbocycles. The van der Waals surface area contributed by atoms with Gasteiger partial charge in [-0.3, -0.25) is 4.79 Å². The van der Waals surface area contributed by atoms with E-state index in [0.717, 1.165) is 25.7 Å². The Balaban J connectivity index is 1.56. The van der Waals surface area contributed by atoms with E-state index in [1.54, 1.807) is 36.4 Å². The Hall–Kier alpha value is -3.81. The number of azo groups is 1. The summed E-state index contributed by atoms with van der Waals surface area (Å²) in [6.45, 7) is 0.658. The maximum Gasteiger partial charge on any atom is 0.412 e. The molecule has 1 saturated heterocycles. The summed E-state index contributed by atoms with van der Waals surface area (Å²) in [5.41, 5.74) is 18.0. The summed E-state index contributed by atoms with van der Waals surface area (Å²) in [6, 6.07) is 9.04. The predicted molar refractivity (Wildman–Crippen MR) is 138 cm³/mol. The number of hydrogen-bond acceptors (Lipinski definition) is 11. The molecule has 1 aromatic carbocycles. The Morgan fingerprint density at radius 3 is 2.73 bits per heavy atom. The molecule has 1 fully saturated rings. The summed E-state index contributed by atoms with van der Waals surface area (Å²) in [6.07, 6.45) is 3.10. The minimum Gasteiger partial charge on any atom is -0.455 e. The van der Waals surface area contributed by atoms with Gasteiger partial charge in [0.2, 0.25) is 12.7 Å². The molecule has 1 aliphatic heterocycles. The first-order valence-corrected chi connectivity index (χ1v) is 12.1. The van der Waals surface area contributed by atoms with Crippen LogP contribution in [0.1, 0.15) is 32.1 Å². The number of para-hydroxylation sites is 1. The lowest BCUT2D eigenvalue weighted by Gasteiger charge is -2.22. The van der Waals surface area contributed by atoms with Gasteiger partial charge < -0.3 is 42.0 Å². The van der Waals surface area contributed by atoms with E-state index in [1.165, 1.54) is 4.90 Å². The van der Waals surface area contributed by atoms with Crippen LogP contribution in [0, 0.1) is 0 Å². The smallest absolute Gasteiger partial charge is 0.412 e. The van der Waals surface area contributed by atoms with Gasteiger partial charge in [-0.25, -0.2) is 9.78 Å². The minimum atomic E-state index is -0.670. The highest BCUT2D eigenvalue weighted by atomic mass is 16.7. The van der Waals surface area contributed by atoms with Gasteiger partial charge in [0.25, 0.3) is 0 Å². The fourth-order valence-corrected chi connectivity index (χ4v) is 3.74. The molecule has 1 aliphatic rings. The van der Waals surface area contributed by atoms with Gasteiger partial charge in [-0.15, -0.1) is 10.2 Å². The Morgan fingerprint density at radius 1 is 1.19 bits per heavy atom. The van der Waals surface area contributed by atoms with E-state index < -0.39 is 12.1 Å². The normalized spacial score (nSPS) is 16.1. The van der Waals surface area contributed by atoms with Crippen molar-refractivity contribution in [2.24, 2.45) is 21.7 Å². The van der Waals surface area contributed by atoms with Gasteiger partial charge in [0.15, 0.2) is 11.6 Å². The van der Waals surface area contributed by atoms with Crippen molar-refractivity contribution in [3.05, 3.63) is 36.4 Å². The molecule has 0 radical (unpaired) electrons. The highest BCUT2D eigenvalue weighted by molar-refractivity contribution is 5.94. The summed E-state index contributed by atoms with van der Waals surface area (Å²) in [5.74, 6) is 0.303. The Labute approximate surface area is 215 Å². The van der Waals surface area contributed by atoms with E-state index in [4.69, 9.17) is 26.7 Å². The molecule has 1 aromatic heterocycles. The average molecular weight is 515 g/mol. The predicted octanol–water partition coefficient (Wildman–Crippen LogP) is 2.40. The third kappa shape index (κ3) is 8.10. The van der Waals surface area contributed by atoms with E-state index in [-0.39, 0.29) is 42.7 Å². The zero-order valence-corrected chi connectivity index (χ0v) is 20.6. The number of rotatable bonds is 12. The van der Waals surface area contributed by atoms with Crippen LogP contribution in [-0.4, -0.2) is 65.6 Å². The fraction of sp³-hybridized carbons (Fsp3) is 0.458. The van der Waals surface area contributed by atoms with Gasteiger partial charge in [-0.2, -0.15) is 0 Å². The van der Waals surface area contributed by atoms with Crippen molar-refractivity contribution in [2.45, 2.75) is 44.2 Å². The summed E-state index contributed by atoms with van der Waals surface area (Å²) in [4.78, 5) is 30.1. The van der Waals surface area contributed by atoms with Gasteiger partial charge in [-0.1, -0.05) is 18.6 Å². The lowest BCUT2D eigenvalue weighted by molar-refractivity contribution is -0.117. The molecular formula is C24H34N8O5. The molecule has 13 nitrogen and oxygen atoms in total. The van der Waals surface area contributed by atoms with E-state index in [2.05, 4.69) is 20.5 Å². The van der Waals surface area contributed by atoms with Crippen LogP contribution >= 0.6 is 0 Å². The highest BCUT2D eigenvalue weighted by Gasteiger charge is 2.29. The van der Waals surface area contributed by atoms with Crippen molar-refractivity contribution < 1.29 is 24.2 Å². The number of carbonyl (C=O) groups is 2. The van der Waals surface area contributed by atoms with E-state index in [9.17, 15) is 14.7 Å². The van der Waals surface area contributed by atoms with Crippen LogP contribution in [0.15, 0.2) is 46.6 Å². The van der Waals surface area contributed by atoms with Crippen LogP contribution in [0.25, 0.3) is 0 Å². The second-order valence-electron chi connectivity index (χ2n) is 8.49. The van der Waals surface area contributed by atoms with Crippen LogP contribution in [0.3, 0.4) is 0 Å². The number of aliphatic hydroxyl groups excluding tert-OH is 1. The summed E-state index contributed by atoms with van der Waals surface area (Å²) in [5, 5.41) is 20.3. The Morgan fingerprint density at radius 2 is 1.97 bits per heavy atom. The SMILES string of the molecule is NCCCC[C@H](N)C(=O)Nc1ccc(/N=N/c2ccccc2OCOC(=O)N2CCCC2CO)c(N)n1. The number of pyridine rings is 1. The molecule has 0 bridgehead atoms. The maximum absolute atomic E-state index is 12.2. The van der Waals surface area contributed by atoms with Crippen LogP contribution in [0.4, 0.5) is 27.8 Å². The van der Waals surface area contributed by atoms with Crippen molar-refractivity contribution >= 4 is 35.0 Å². The molecule has 3 rings (SSSR count). The number of nitrogens with one attached hydrogen (secondary N) is 1. The highest BCUT2D eigenvalue weighted by Crippen LogP contribution is 2.30. The summed E-state index contributed by atoms with van der Waals surface area (Å²) >= 11 is 0. The molecule has 200 valence electrons. The van der Waals surface area contributed by atoms with Crippen molar-refractivity contribution in [1.82, 2.24) is 9.88 Å². The summed E-state index contributed by atoms with van der Waals surface area (Å²) < 4.78 is 10.8. The van der Waals surface area contributed by atoms with E-state index >= 15 is 0 Å². The quantitative estimate of drug-likeness (QED) is 0.160. The molecule has 1 unspecified atom stereocenters. The third-order valence-corrected chi connectivity index (χ3v) is 5.81. The molecule has 2 aromatic rings. The number of amides is 2. The van der Waals surface area contributed by atoms with E-state index in [1.807, 2.05) is 0 Å². The summed E-state index contributed by atoms with van der Waals surface area (Å²) in [7, 11) is 0. The molecule has 0 spiro atoms. The second-order valence-corrected chi connectivity index (χ2v) is 8.49. The Bertz CT molecular complexity index is 1080. The molecule has 37 heavy (non-hydrogen) atoms. The molecule has 2 amide bonds. The number of nitrogens with zero attached hydrogens (tertiary/aromatic N) is 4. The van der Waals surface area contributed by atoms with Gasteiger partial charge in [-0.05, 0) is 56.5 Å². The van der Waals surface area contributed by atoms with Gasteiger partial charge >= 0.3 is 6.09 Å². The molecule has 2 heterocycles. The second kappa shape index (κ2) is 14.1. The number of ether oxygens (including phenoxy) is 2. The number of likely N-dealkylation sites (tertiary alicyclic amines) is 1. The average Bonchev–Trinajstić information content (AvgIpc) is 3.38. The fourth-order valence-electron chi connectivity index (χ4n) is 3.74. The molecular weight excluding hydrogens is 480 g/mol. The van der Waals surface area contributed by atoms with Crippen LogP contribution in [-0.2, 0) is 9.53 Å². The molecule has 8 N–H and O–H groups in total. The number of aliphatic hydroxyl groups is 1. The monoisotopic (exact) mass is 514 g/mol. The van der Waals surface area contributed by atoms with Gasteiger partial charge in [0.05, 0.1) is 18.7 Å². The Kier molecular flexibility index (Phi) is 10.6. The topological polar surface area (TPSA) is 204 Å². The molecule has 13 heteroatoms. The van der Waals surface area contributed by atoms with Crippen molar-refractivity contribution in [3.63, 3.8) is 0 Å². The zero-order valence-electron chi connectivity index (χ0n) is 20.6. The van der Waals surface area contributed by atoms with Crippen LogP contribution in [0.5, 0.6) is 5.75 Å². The maximum atomic E-state index is 12.2. The molecule has 2 atom stereocenters. The number of benzene rings is 1. The first kappa shape index (κ1) is 27.8. The number of nitrogen functional groups attached to an aromatic ring is 1. The standard InChI is InChI=1S/C24H34N8O5/c25-12-4-3-7-17(26)23(34)29-21-11-10-19(22(27)28-21)31-30-18-8-1-2-9-20(18)36-15-37-24(35)32-13-5-6-16(32)14-33/h1-2,8-11,16-17,33H,3-7,12-15,25-26H2,(H3,27,28,29,34)/b31-30+/t16?,17-/m0/s1. The first-order chi connectivity index (χ1) is 17.9. The number of hydrogen-bond donors (Lipinski definition) is 5. The van der Waals surface area contributed by atoms with Gasteiger partial charge in [0, 0.05) is 6.54 Å². The van der Waals surface area contributed by atoms with E-state index in [0.29, 0.717) is 30.9 Å². The van der Waals surface area contributed by atoms with Crippen LogP contribution in [0.2, 0.25) is 0 Å². The van der Waals surface area contributed by atoms with Crippen molar-refractivity contribution in [1.29, 1.82) is 0 Å². The number of carbonyl (C=O) groups excluding carboxylic acids is 2. The largest absolute Gasteiger partial charge is 0.455 e. The number of aromatic nitrogens is 1. The lowest BCUT2D eigenvalue weighted by atomic mass is 10.1. The number of anilines is 2. The van der Waals surface area contributed by atoms with Crippen LogP contribution < -0.4 is 27.3 Å². The lowest BCUT2D eigenvalue weighted by Crippen LogP contribution is -2.38. The molecule has 0 saturated carbocycles. The number of nitrogens with two attached hydrogens (primary N) is 3. The third-order valence-electron chi connectivity index (χ3n) is 5.81.